The van der Waals surface area contributed by atoms with Crippen LogP contribution in [0, 0.1) is 11.8 Å². The van der Waals surface area contributed by atoms with Gasteiger partial charge in [-0.05, 0) is 142 Å². The lowest BCUT2D eigenvalue weighted by Crippen LogP contribution is -2.43. The second kappa shape index (κ2) is 18.5. The predicted molar refractivity (Wildman–Crippen MR) is 313 cm³/mol. The number of fused-ring (bicyclic) bond motifs is 8. The van der Waals surface area contributed by atoms with Crippen molar-refractivity contribution in [3.63, 3.8) is 0 Å². The van der Waals surface area contributed by atoms with Crippen LogP contribution in [0.25, 0.3) is 109 Å². The van der Waals surface area contributed by atoms with Crippen LogP contribution in [0.5, 0.6) is 0 Å². The van der Waals surface area contributed by atoms with Crippen molar-refractivity contribution in [3.8, 4) is 22.3 Å². The summed E-state index contributed by atoms with van der Waals surface area (Å²) in [5, 5.41) is 11.2. The summed E-state index contributed by atoms with van der Waals surface area (Å²) in [5.74, 6) is -0.693. The van der Waals surface area contributed by atoms with Crippen molar-refractivity contribution in [2.45, 2.75) is 106 Å². The number of unbranched alkanes of at least 4 members (excludes halogenated alkanes) is 2. The summed E-state index contributed by atoms with van der Waals surface area (Å²) in [5.41, 5.74) is 10.2. The maximum atomic E-state index is 15.5. The van der Waals surface area contributed by atoms with Gasteiger partial charge in [-0.15, -0.1) is 0 Å². The third-order valence-corrected chi connectivity index (χ3v) is 17.8. The zero-order valence-corrected chi connectivity index (χ0v) is 44.6. The van der Waals surface area contributed by atoms with Crippen LogP contribution in [0.4, 0.5) is 0 Å². The molecule has 0 saturated carbocycles. The topological polar surface area (TPSA) is 84.6 Å². The summed E-state index contributed by atoms with van der Waals surface area (Å²) in [6, 6.07) is 42.5. The van der Waals surface area contributed by atoms with Crippen LogP contribution in [0.3, 0.4) is 0 Å². The monoisotopic (exact) mass is 1000 g/mol. The molecule has 0 fully saturated rings. The van der Waals surface area contributed by atoms with Gasteiger partial charge in [0.15, 0.2) is 0 Å². The SMILES string of the molecule is CCCCC(CC)CN1C(=O)c2ccc3c4c(-c5ccc6c7ccccc7n(CC)c6c5)cc5c6c(ccc(c7c(-c8ccc9c%10ccccc%10n(CC)c9c8)cc(c2c37)C1=O)c64)C(=O)N(CC(CC)CCCC)C5=O. The molecule has 0 radical (unpaired) electrons. The highest BCUT2D eigenvalue weighted by Crippen LogP contribution is 2.53. The van der Waals surface area contributed by atoms with Crippen molar-refractivity contribution in [1.82, 2.24) is 18.9 Å². The van der Waals surface area contributed by atoms with Crippen molar-refractivity contribution < 1.29 is 19.2 Å². The Labute approximate surface area is 443 Å². The molecule has 2 atom stereocenters. The average Bonchev–Trinajstić information content (AvgIpc) is 3.98. The zero-order chi connectivity index (χ0) is 52.3. The van der Waals surface area contributed by atoms with Gasteiger partial charge >= 0.3 is 0 Å². The summed E-state index contributed by atoms with van der Waals surface area (Å²) in [7, 11) is 0. The number of hydrogen-bond acceptors (Lipinski definition) is 4. The fourth-order valence-corrected chi connectivity index (χ4v) is 13.8. The van der Waals surface area contributed by atoms with Gasteiger partial charge in [-0.2, -0.15) is 0 Å². The fourth-order valence-electron chi connectivity index (χ4n) is 13.8. The maximum Gasteiger partial charge on any atom is 0.261 e. The summed E-state index contributed by atoms with van der Waals surface area (Å²) in [6.45, 7) is 15.3. The van der Waals surface area contributed by atoms with Crippen LogP contribution >= 0.6 is 0 Å². The van der Waals surface area contributed by atoms with Gasteiger partial charge in [0, 0.05) is 103 Å². The number of benzene rings is 9. The van der Waals surface area contributed by atoms with Crippen LogP contribution in [-0.4, -0.2) is 55.7 Å². The van der Waals surface area contributed by atoms with Gasteiger partial charge in [-0.3, -0.25) is 29.0 Å². The Morgan fingerprint density at radius 1 is 0.355 bits per heavy atom. The number of aryl methyl sites for hydroxylation is 2. The van der Waals surface area contributed by atoms with E-state index in [1.165, 1.54) is 20.6 Å². The summed E-state index contributed by atoms with van der Waals surface area (Å²) < 4.78 is 4.72. The number of nitrogens with zero attached hydrogens (tertiary/aromatic N) is 4. The molecule has 2 unspecified atom stereocenters. The van der Waals surface area contributed by atoms with Crippen molar-refractivity contribution in [2.75, 3.05) is 13.1 Å². The third-order valence-electron chi connectivity index (χ3n) is 17.8. The molecule has 2 aliphatic rings. The van der Waals surface area contributed by atoms with E-state index >= 15 is 19.2 Å². The van der Waals surface area contributed by atoms with Crippen LogP contribution in [0.15, 0.2) is 121 Å². The van der Waals surface area contributed by atoms with Crippen molar-refractivity contribution in [3.05, 3.63) is 144 Å². The molecule has 4 heterocycles. The predicted octanol–water partition coefficient (Wildman–Crippen LogP) is 17.0. The molecule has 0 saturated heterocycles. The summed E-state index contributed by atoms with van der Waals surface area (Å²) in [6.07, 6.45) is 7.79. The first kappa shape index (κ1) is 47.8. The highest BCUT2D eigenvalue weighted by Gasteiger charge is 2.40. The lowest BCUT2D eigenvalue weighted by atomic mass is 9.77. The van der Waals surface area contributed by atoms with Gasteiger partial charge in [0.05, 0.1) is 0 Å². The van der Waals surface area contributed by atoms with Crippen LogP contribution < -0.4 is 0 Å². The highest BCUT2D eigenvalue weighted by atomic mass is 16.2. The smallest absolute Gasteiger partial charge is 0.261 e. The minimum absolute atomic E-state index is 0.184. The molecule has 8 nitrogen and oxygen atoms in total. The first-order chi connectivity index (χ1) is 37.1. The van der Waals surface area contributed by atoms with Gasteiger partial charge in [0.1, 0.15) is 0 Å². The van der Waals surface area contributed by atoms with E-state index in [2.05, 4.69) is 160 Å². The number of para-hydroxylation sites is 2. The van der Waals surface area contributed by atoms with E-state index in [1.807, 2.05) is 12.1 Å². The molecule has 11 aromatic rings. The Bertz CT molecular complexity index is 3990. The highest BCUT2D eigenvalue weighted by molar-refractivity contribution is 6.44. The van der Waals surface area contributed by atoms with E-state index in [4.69, 9.17) is 0 Å². The fraction of sp³-hybridized carbons (Fsp3) is 0.294. The number of carbonyl (C=O) groups is 4. The van der Waals surface area contributed by atoms with E-state index in [0.717, 1.165) is 152 Å². The second-order valence-electron chi connectivity index (χ2n) is 21.8. The van der Waals surface area contributed by atoms with Crippen molar-refractivity contribution >= 4 is 110 Å². The lowest BCUT2D eigenvalue weighted by molar-refractivity contribution is 0.0565. The number of aromatic nitrogens is 2. The van der Waals surface area contributed by atoms with Gasteiger partial charge in [-0.25, -0.2) is 0 Å². The molecular weight excluding hydrogens is 937 g/mol. The number of hydrogen-bond donors (Lipinski definition) is 0. The molecule has 8 heteroatoms. The molecule has 9 aromatic carbocycles. The van der Waals surface area contributed by atoms with Crippen LogP contribution in [-0.2, 0) is 13.1 Å². The van der Waals surface area contributed by atoms with Gasteiger partial charge < -0.3 is 9.13 Å². The second-order valence-corrected chi connectivity index (χ2v) is 21.8. The standard InChI is InChI=1S/C68H64N4O4/c1-7-13-19-39(9-3)37-71-65(73)49-31-29-47-60-52(42-26-28-46-44-22-16-18-24-56(44)70(12-6)58(46)34-42)36-54-62-50(66(74)72(68(54)76)38-40(10-4)20-14-8-2)32-30-48(64(60)62)59-51(35-53(67(71)75)61(49)63(47)59)41-25-27-45-43-21-15-17-23-55(43)69(11-5)57(45)33-41/h15-18,21-36,39-40H,7-14,19-20,37-38H2,1-6H3. The van der Waals surface area contributed by atoms with Crippen LogP contribution in [0.1, 0.15) is 134 Å². The molecule has 13 rings (SSSR count). The maximum absolute atomic E-state index is 15.5. The van der Waals surface area contributed by atoms with Gasteiger partial charge in [0.2, 0.25) is 0 Å². The van der Waals surface area contributed by atoms with Gasteiger partial charge in [0.25, 0.3) is 23.6 Å². The Morgan fingerprint density at radius 2 is 0.737 bits per heavy atom. The Kier molecular flexibility index (Phi) is 11.6. The van der Waals surface area contributed by atoms with Crippen molar-refractivity contribution in [1.29, 1.82) is 0 Å². The molecule has 4 amide bonds. The molecule has 0 aliphatic carbocycles. The average molecular weight is 1000 g/mol. The lowest BCUT2D eigenvalue weighted by Gasteiger charge is -2.33. The number of imide groups is 2. The first-order valence-electron chi connectivity index (χ1n) is 28.2. The first-order valence-corrected chi connectivity index (χ1v) is 28.2. The molecule has 2 aromatic heterocycles. The Balaban J connectivity index is 1.17. The molecular formula is C68H64N4O4. The largest absolute Gasteiger partial charge is 0.341 e. The third kappa shape index (κ3) is 6.87. The molecule has 0 bridgehead atoms. The number of amides is 4. The van der Waals surface area contributed by atoms with Gasteiger partial charge in [-0.1, -0.05) is 139 Å². The zero-order valence-electron chi connectivity index (χ0n) is 44.6. The van der Waals surface area contributed by atoms with E-state index < -0.39 is 0 Å². The van der Waals surface area contributed by atoms with Crippen LogP contribution in [0.2, 0.25) is 0 Å². The Hall–Kier alpha value is -7.84. The molecule has 0 N–H and O–H groups in total. The quantitative estimate of drug-likeness (QED) is 0.0548. The number of rotatable bonds is 16. The normalized spacial score (nSPS) is 14.8. The van der Waals surface area contributed by atoms with E-state index in [9.17, 15) is 0 Å². The van der Waals surface area contributed by atoms with E-state index in [1.54, 1.807) is 0 Å². The minimum atomic E-state index is -0.268. The molecule has 2 aliphatic heterocycles. The molecule has 0 spiro atoms. The molecule has 76 heavy (non-hydrogen) atoms. The van der Waals surface area contributed by atoms with E-state index in [0.29, 0.717) is 46.1 Å². The van der Waals surface area contributed by atoms with E-state index in [-0.39, 0.29) is 35.5 Å². The minimum Gasteiger partial charge on any atom is -0.341 e. The Morgan fingerprint density at radius 3 is 1.13 bits per heavy atom. The van der Waals surface area contributed by atoms with Crippen molar-refractivity contribution in [2.24, 2.45) is 11.8 Å². The summed E-state index contributed by atoms with van der Waals surface area (Å²) >= 11 is 0. The molecule has 380 valence electrons. The summed E-state index contributed by atoms with van der Waals surface area (Å²) in [4.78, 5) is 64.3. The number of carbonyl (C=O) groups excluding carboxylic acids is 4.